The molecule has 1 fully saturated rings. The molecule has 1 aromatic heterocycles. The van der Waals surface area contributed by atoms with Gasteiger partial charge in [-0.15, -0.1) is 0 Å². The summed E-state index contributed by atoms with van der Waals surface area (Å²) in [5, 5.41) is 20.7. The van der Waals surface area contributed by atoms with Gasteiger partial charge in [0.15, 0.2) is 18.1 Å². The first-order chi connectivity index (χ1) is 26.1. The molecule has 14 heteroatoms. The number of nitrogens with one attached hydrogen (secondary N) is 3. The van der Waals surface area contributed by atoms with Crippen LogP contribution in [0.4, 0.5) is 0 Å². The van der Waals surface area contributed by atoms with Crippen LogP contribution in [-0.2, 0) is 45.0 Å². The van der Waals surface area contributed by atoms with Crippen molar-refractivity contribution in [1.29, 1.82) is 0 Å². The Morgan fingerprint density at radius 3 is 2.46 bits per heavy atom. The number of aromatic nitrogens is 2. The van der Waals surface area contributed by atoms with E-state index >= 15 is 0 Å². The van der Waals surface area contributed by atoms with Crippen LogP contribution in [0.5, 0.6) is 11.5 Å². The van der Waals surface area contributed by atoms with Gasteiger partial charge in [-0.25, -0.2) is 0 Å². The molecule has 3 aromatic rings. The highest BCUT2D eigenvalue weighted by atomic mass is 16.5. The Morgan fingerprint density at radius 2 is 1.80 bits per heavy atom. The summed E-state index contributed by atoms with van der Waals surface area (Å²) in [5.74, 6) is 0.449. The van der Waals surface area contributed by atoms with E-state index in [1.807, 2.05) is 38.1 Å². The number of rotatable bonds is 7. The van der Waals surface area contributed by atoms with E-state index in [1.54, 1.807) is 21.7 Å². The van der Waals surface area contributed by atoms with Crippen molar-refractivity contribution in [2.45, 2.75) is 77.8 Å². The van der Waals surface area contributed by atoms with Crippen LogP contribution < -0.4 is 25.4 Å². The number of ether oxygens (including phenoxy) is 2. The molecule has 0 spiro atoms. The monoisotopic (exact) mass is 744 g/mol. The summed E-state index contributed by atoms with van der Waals surface area (Å²) in [4.78, 5) is 64.7. The number of fused-ring (bicyclic) bond motifs is 3. The molecule has 1 saturated carbocycles. The Kier molecular flexibility index (Phi) is 13.7. The van der Waals surface area contributed by atoms with E-state index < -0.39 is 5.41 Å². The minimum atomic E-state index is -0.918. The van der Waals surface area contributed by atoms with Gasteiger partial charge >= 0.3 is 0 Å². The van der Waals surface area contributed by atoms with E-state index in [-0.39, 0.29) is 68.8 Å². The molecule has 14 nitrogen and oxygen atoms in total. The summed E-state index contributed by atoms with van der Waals surface area (Å²) in [6.45, 7) is 4.74. The van der Waals surface area contributed by atoms with Crippen LogP contribution in [0.1, 0.15) is 71.9 Å². The minimum absolute atomic E-state index is 0.0284. The molecule has 1 unspecified atom stereocenters. The van der Waals surface area contributed by atoms with E-state index in [0.717, 1.165) is 36.9 Å². The molecule has 4 N–H and O–H groups in total. The molecule has 3 aliphatic rings. The Morgan fingerprint density at radius 1 is 1.07 bits per heavy atom. The fourth-order valence-electron chi connectivity index (χ4n) is 7.42. The fraction of sp³-hybridized carbons (Fsp3) is 0.500. The summed E-state index contributed by atoms with van der Waals surface area (Å²) >= 11 is 0. The van der Waals surface area contributed by atoms with Crippen LogP contribution in [0.25, 0.3) is 0 Å². The Balaban J connectivity index is 0.00000181. The number of aryl methyl sites for hydroxylation is 2. The highest BCUT2D eigenvalue weighted by Gasteiger charge is 2.44. The van der Waals surface area contributed by atoms with Gasteiger partial charge in [0.1, 0.15) is 5.69 Å². The van der Waals surface area contributed by atoms with Gasteiger partial charge in [-0.1, -0.05) is 43.2 Å². The number of amides is 4. The van der Waals surface area contributed by atoms with E-state index in [2.05, 4.69) is 33.2 Å². The Bertz CT molecular complexity index is 1780. The van der Waals surface area contributed by atoms with Crippen LogP contribution in [0.3, 0.4) is 0 Å². The van der Waals surface area contributed by atoms with Crippen molar-refractivity contribution in [3.63, 3.8) is 0 Å². The largest absolute Gasteiger partial charge is 0.493 e. The quantitative estimate of drug-likeness (QED) is 0.265. The lowest BCUT2D eigenvalue weighted by atomic mass is 9.75. The maximum absolute atomic E-state index is 14.6. The van der Waals surface area contributed by atoms with Crippen molar-refractivity contribution in [3.05, 3.63) is 76.6 Å². The van der Waals surface area contributed by atoms with Gasteiger partial charge in [-0.3, -0.25) is 28.7 Å². The predicted octanol–water partition coefficient (Wildman–Crippen LogP) is 3.08. The van der Waals surface area contributed by atoms with Gasteiger partial charge in [0, 0.05) is 45.2 Å². The van der Waals surface area contributed by atoms with Crippen molar-refractivity contribution >= 4 is 30.1 Å². The molecule has 1 aliphatic heterocycles. The lowest BCUT2D eigenvalue weighted by molar-refractivity contribution is -0.133. The molecule has 2 aromatic carbocycles. The maximum atomic E-state index is 14.6. The highest BCUT2D eigenvalue weighted by Crippen LogP contribution is 2.43. The first-order valence-corrected chi connectivity index (χ1v) is 18.7. The molecule has 0 saturated heterocycles. The SMILES string of the molecule is CCn1nc(C)cc1C(=O)N1CCCC(=O)NCC(CC2CC2)(C(=O)NC2Cc3ccccc3C2)Cc2ccc(OC)c(c2)OCC(=O)NCC1.O=CO. The fourth-order valence-corrected chi connectivity index (χ4v) is 7.42. The number of carbonyl (C=O) groups excluding carboxylic acids is 4. The van der Waals surface area contributed by atoms with Gasteiger partial charge in [-0.05, 0) is 86.8 Å². The second-order valence-corrected chi connectivity index (χ2v) is 14.3. The van der Waals surface area contributed by atoms with Crippen molar-refractivity contribution in [2.75, 3.05) is 39.9 Å². The Hall–Kier alpha value is -5.40. The normalized spacial score (nSPS) is 19.7. The van der Waals surface area contributed by atoms with E-state index in [1.165, 1.54) is 18.2 Å². The van der Waals surface area contributed by atoms with Crippen LogP contribution in [0.2, 0.25) is 0 Å². The molecule has 1 atom stereocenters. The van der Waals surface area contributed by atoms with Crippen LogP contribution in [0, 0.1) is 18.3 Å². The van der Waals surface area contributed by atoms with Gasteiger partial charge in [0.2, 0.25) is 11.8 Å². The molecular weight excluding hydrogens is 692 g/mol. The average molecular weight is 745 g/mol. The Labute approximate surface area is 316 Å². The van der Waals surface area contributed by atoms with Gasteiger partial charge < -0.3 is 35.4 Å². The molecule has 2 bridgehead atoms. The first-order valence-electron chi connectivity index (χ1n) is 18.7. The number of carboxylic acid groups (broad SMARTS) is 1. The maximum Gasteiger partial charge on any atom is 0.290 e. The molecule has 290 valence electrons. The number of nitrogens with zero attached hydrogens (tertiary/aromatic N) is 3. The van der Waals surface area contributed by atoms with Gasteiger partial charge in [-0.2, -0.15) is 5.10 Å². The van der Waals surface area contributed by atoms with Crippen molar-refractivity contribution in [3.8, 4) is 11.5 Å². The number of carbonyl (C=O) groups is 5. The summed E-state index contributed by atoms with van der Waals surface area (Å²) < 4.78 is 13.2. The second kappa shape index (κ2) is 18.6. The third kappa shape index (κ3) is 10.4. The summed E-state index contributed by atoms with van der Waals surface area (Å²) in [7, 11) is 1.54. The smallest absolute Gasteiger partial charge is 0.290 e. The molecule has 2 aliphatic carbocycles. The van der Waals surface area contributed by atoms with Crippen molar-refractivity contribution in [1.82, 2.24) is 30.6 Å². The van der Waals surface area contributed by atoms with E-state index in [9.17, 15) is 19.2 Å². The first kappa shape index (κ1) is 39.8. The third-order valence-corrected chi connectivity index (χ3v) is 10.2. The predicted molar refractivity (Wildman–Crippen MR) is 200 cm³/mol. The van der Waals surface area contributed by atoms with Crippen LogP contribution in [-0.4, -0.2) is 95.8 Å². The zero-order valence-electron chi connectivity index (χ0n) is 31.4. The summed E-state index contributed by atoms with van der Waals surface area (Å²) in [6.07, 6.45) is 5.23. The molecule has 4 amide bonds. The summed E-state index contributed by atoms with van der Waals surface area (Å²) in [5.41, 5.74) is 3.63. The minimum Gasteiger partial charge on any atom is -0.493 e. The topological polar surface area (TPSA) is 181 Å². The number of hydrogen-bond acceptors (Lipinski definition) is 8. The lowest BCUT2D eigenvalue weighted by Gasteiger charge is -2.34. The molecule has 6 rings (SSSR count). The third-order valence-electron chi connectivity index (χ3n) is 10.2. The van der Waals surface area contributed by atoms with E-state index in [4.69, 9.17) is 19.4 Å². The average Bonchev–Trinajstić information content (AvgIpc) is 3.74. The highest BCUT2D eigenvalue weighted by molar-refractivity contribution is 5.93. The van der Waals surface area contributed by atoms with Crippen molar-refractivity contribution < 1.29 is 38.6 Å². The summed E-state index contributed by atoms with van der Waals surface area (Å²) in [6, 6.07) is 15.6. The number of methoxy groups -OCH3 is 1. The zero-order chi connectivity index (χ0) is 38.7. The standard InChI is InChI=1S/C39H50N6O6.CH2O2/c1-4-45-32(18-26(2)43-45)37(48)44-16-7-10-35(46)41-25-39(22-27-11-12-27,38(49)42-31-20-29-8-5-6-9-30(29)21-31)23-28-13-14-33(50-3)34(19-28)51-24-36(47)40-15-17-44;2-1-3/h5-6,8-9,13-14,18-19,27,31H,4,7,10-12,15-17,20-25H2,1-3H3,(H,40,47)(H,41,46)(H,42,49);1H,(H,2,3). The molecule has 54 heavy (non-hydrogen) atoms. The lowest BCUT2D eigenvalue weighted by Crippen LogP contribution is -2.53. The van der Waals surface area contributed by atoms with Gasteiger partial charge in [0.05, 0.1) is 18.2 Å². The van der Waals surface area contributed by atoms with Crippen LogP contribution in [0.15, 0.2) is 48.5 Å². The number of hydrogen-bond donors (Lipinski definition) is 4. The van der Waals surface area contributed by atoms with Crippen LogP contribution >= 0.6 is 0 Å². The number of benzene rings is 2. The zero-order valence-corrected chi connectivity index (χ0v) is 31.4. The molecule has 0 radical (unpaired) electrons. The molecular formula is C40H52N6O8. The van der Waals surface area contributed by atoms with Gasteiger partial charge in [0.25, 0.3) is 18.3 Å². The molecule has 2 heterocycles. The van der Waals surface area contributed by atoms with Crippen molar-refractivity contribution in [2.24, 2.45) is 11.3 Å². The second-order valence-electron chi connectivity index (χ2n) is 14.3. The van der Waals surface area contributed by atoms with E-state index in [0.29, 0.717) is 55.5 Å².